The standard InChI is InChI=1S/C14H23N/c1-12(2)13-7-6-8-14(11-13)15-9-4-3-5-10-15/h7,11-12H,3-6,8-10H2,1-2H3. The van der Waals surface area contributed by atoms with Gasteiger partial charge in [0, 0.05) is 18.8 Å². The maximum atomic E-state index is 2.61. The molecule has 0 amide bonds. The Labute approximate surface area is 93.9 Å². The first kappa shape index (κ1) is 10.8. The van der Waals surface area contributed by atoms with Crippen molar-refractivity contribution in [2.24, 2.45) is 5.92 Å². The molecule has 0 saturated carbocycles. The van der Waals surface area contributed by atoms with Crippen LogP contribution < -0.4 is 0 Å². The number of likely N-dealkylation sites (tertiary alicyclic amines) is 1. The van der Waals surface area contributed by atoms with Crippen LogP contribution in [0.25, 0.3) is 0 Å². The van der Waals surface area contributed by atoms with Gasteiger partial charge in [0.05, 0.1) is 0 Å². The van der Waals surface area contributed by atoms with Crippen LogP contribution in [0.3, 0.4) is 0 Å². The summed E-state index contributed by atoms with van der Waals surface area (Å²) in [7, 11) is 0. The lowest BCUT2D eigenvalue weighted by Crippen LogP contribution is -2.29. The molecular weight excluding hydrogens is 182 g/mol. The van der Waals surface area contributed by atoms with Crippen molar-refractivity contribution in [2.75, 3.05) is 13.1 Å². The van der Waals surface area contributed by atoms with Gasteiger partial charge in [-0.3, -0.25) is 0 Å². The van der Waals surface area contributed by atoms with E-state index >= 15 is 0 Å². The highest BCUT2D eigenvalue weighted by Crippen LogP contribution is 2.26. The summed E-state index contributed by atoms with van der Waals surface area (Å²) in [4.78, 5) is 2.61. The van der Waals surface area contributed by atoms with Gasteiger partial charge >= 0.3 is 0 Å². The van der Waals surface area contributed by atoms with E-state index < -0.39 is 0 Å². The number of allylic oxidation sites excluding steroid dienone is 4. The molecule has 0 aromatic heterocycles. The molecule has 1 fully saturated rings. The molecule has 2 aliphatic rings. The highest BCUT2D eigenvalue weighted by Gasteiger charge is 2.16. The van der Waals surface area contributed by atoms with Crippen LogP contribution in [0, 0.1) is 5.92 Å². The Morgan fingerprint density at radius 1 is 1.13 bits per heavy atom. The molecule has 1 heteroatoms. The van der Waals surface area contributed by atoms with Crippen LogP contribution in [0.4, 0.5) is 0 Å². The monoisotopic (exact) mass is 205 g/mol. The summed E-state index contributed by atoms with van der Waals surface area (Å²) in [6.45, 7) is 7.16. The molecule has 1 saturated heterocycles. The second-order valence-corrected chi connectivity index (χ2v) is 5.08. The molecule has 1 heterocycles. The van der Waals surface area contributed by atoms with Crippen LogP contribution in [-0.2, 0) is 0 Å². The minimum atomic E-state index is 0.685. The normalized spacial score (nSPS) is 22.7. The van der Waals surface area contributed by atoms with Gasteiger partial charge in [-0.05, 0) is 49.7 Å². The van der Waals surface area contributed by atoms with Gasteiger partial charge in [-0.2, -0.15) is 0 Å². The summed E-state index contributed by atoms with van der Waals surface area (Å²) in [5.41, 5.74) is 3.14. The molecule has 0 aromatic carbocycles. The van der Waals surface area contributed by atoms with Crippen molar-refractivity contribution in [3.63, 3.8) is 0 Å². The first-order chi connectivity index (χ1) is 7.27. The van der Waals surface area contributed by atoms with E-state index in [1.807, 2.05) is 0 Å². The fourth-order valence-electron chi connectivity index (χ4n) is 2.54. The minimum absolute atomic E-state index is 0.685. The van der Waals surface area contributed by atoms with Crippen molar-refractivity contribution in [3.8, 4) is 0 Å². The van der Waals surface area contributed by atoms with Crippen molar-refractivity contribution in [3.05, 3.63) is 23.4 Å². The molecule has 1 aliphatic heterocycles. The molecule has 0 radical (unpaired) electrons. The van der Waals surface area contributed by atoms with Gasteiger partial charge in [-0.15, -0.1) is 0 Å². The molecule has 0 N–H and O–H groups in total. The molecule has 1 aliphatic carbocycles. The van der Waals surface area contributed by atoms with Crippen LogP contribution >= 0.6 is 0 Å². The lowest BCUT2D eigenvalue weighted by molar-refractivity contribution is 0.275. The van der Waals surface area contributed by atoms with E-state index in [1.165, 1.54) is 45.2 Å². The van der Waals surface area contributed by atoms with E-state index in [4.69, 9.17) is 0 Å². The highest BCUT2D eigenvalue weighted by molar-refractivity contribution is 5.28. The first-order valence-electron chi connectivity index (χ1n) is 6.43. The van der Waals surface area contributed by atoms with Gasteiger partial charge in [0.25, 0.3) is 0 Å². The smallest absolute Gasteiger partial charge is 0.0175 e. The quantitative estimate of drug-likeness (QED) is 0.664. The molecule has 0 unspecified atom stereocenters. The van der Waals surface area contributed by atoms with Gasteiger partial charge in [-0.1, -0.05) is 19.9 Å². The van der Waals surface area contributed by atoms with Gasteiger partial charge in [0.1, 0.15) is 0 Å². The zero-order valence-electron chi connectivity index (χ0n) is 10.1. The summed E-state index contributed by atoms with van der Waals surface area (Å²) in [6.07, 6.45) is 11.6. The van der Waals surface area contributed by atoms with Crippen LogP contribution in [0.1, 0.15) is 46.0 Å². The lowest BCUT2D eigenvalue weighted by Gasteiger charge is -2.33. The zero-order chi connectivity index (χ0) is 10.7. The maximum Gasteiger partial charge on any atom is 0.0175 e. The molecule has 2 rings (SSSR count). The Kier molecular flexibility index (Phi) is 3.50. The Bertz CT molecular complexity index is 267. The van der Waals surface area contributed by atoms with E-state index in [0.717, 1.165) is 0 Å². The number of hydrogen-bond acceptors (Lipinski definition) is 1. The van der Waals surface area contributed by atoms with Crippen molar-refractivity contribution in [1.29, 1.82) is 0 Å². The SMILES string of the molecule is CC(C)C1=CCCC(N2CCCCC2)=C1. The Morgan fingerprint density at radius 3 is 2.53 bits per heavy atom. The second-order valence-electron chi connectivity index (χ2n) is 5.08. The third-order valence-corrected chi connectivity index (χ3v) is 3.54. The Balaban J connectivity index is 2.05. The maximum absolute atomic E-state index is 2.61. The van der Waals surface area contributed by atoms with Crippen LogP contribution in [0.5, 0.6) is 0 Å². The van der Waals surface area contributed by atoms with Crippen LogP contribution in [0.15, 0.2) is 23.4 Å². The zero-order valence-corrected chi connectivity index (χ0v) is 10.1. The molecular formula is C14H23N. The van der Waals surface area contributed by atoms with Crippen molar-refractivity contribution in [1.82, 2.24) is 4.90 Å². The summed E-state index contributed by atoms with van der Waals surface area (Å²) >= 11 is 0. The highest BCUT2D eigenvalue weighted by atomic mass is 15.1. The minimum Gasteiger partial charge on any atom is -0.375 e. The van der Waals surface area contributed by atoms with Crippen molar-refractivity contribution < 1.29 is 0 Å². The molecule has 84 valence electrons. The number of piperidine rings is 1. The number of hydrogen-bond donors (Lipinski definition) is 0. The average molecular weight is 205 g/mol. The van der Waals surface area contributed by atoms with Gasteiger partial charge in [-0.25, -0.2) is 0 Å². The Hall–Kier alpha value is -0.720. The second kappa shape index (κ2) is 4.87. The van der Waals surface area contributed by atoms with Gasteiger partial charge < -0.3 is 4.90 Å². The molecule has 0 bridgehead atoms. The fraction of sp³-hybridized carbons (Fsp3) is 0.714. The topological polar surface area (TPSA) is 3.24 Å². The molecule has 1 nitrogen and oxygen atoms in total. The van der Waals surface area contributed by atoms with E-state index in [0.29, 0.717) is 5.92 Å². The average Bonchev–Trinajstić information content (AvgIpc) is 2.30. The lowest BCUT2D eigenvalue weighted by atomic mass is 9.94. The number of nitrogens with zero attached hydrogens (tertiary/aromatic N) is 1. The first-order valence-corrected chi connectivity index (χ1v) is 6.43. The molecule has 0 spiro atoms. The fourth-order valence-corrected chi connectivity index (χ4v) is 2.54. The van der Waals surface area contributed by atoms with Crippen LogP contribution in [0.2, 0.25) is 0 Å². The summed E-state index contributed by atoms with van der Waals surface area (Å²) in [6, 6.07) is 0. The molecule has 15 heavy (non-hydrogen) atoms. The largest absolute Gasteiger partial charge is 0.375 e. The summed E-state index contributed by atoms with van der Waals surface area (Å²) in [5.74, 6) is 0.685. The summed E-state index contributed by atoms with van der Waals surface area (Å²) in [5, 5.41) is 0. The van der Waals surface area contributed by atoms with Gasteiger partial charge in [0.2, 0.25) is 0 Å². The number of rotatable bonds is 2. The van der Waals surface area contributed by atoms with E-state index in [1.54, 1.807) is 11.3 Å². The predicted octanol–water partition coefficient (Wildman–Crippen LogP) is 3.73. The van der Waals surface area contributed by atoms with Gasteiger partial charge in [0.15, 0.2) is 0 Å². The van der Waals surface area contributed by atoms with E-state index in [-0.39, 0.29) is 0 Å². The van der Waals surface area contributed by atoms with E-state index in [2.05, 4.69) is 30.9 Å². The van der Waals surface area contributed by atoms with Crippen molar-refractivity contribution in [2.45, 2.75) is 46.0 Å². The molecule has 0 atom stereocenters. The predicted molar refractivity (Wildman–Crippen MR) is 65.7 cm³/mol. The summed E-state index contributed by atoms with van der Waals surface area (Å²) < 4.78 is 0. The molecule has 0 aromatic rings. The third-order valence-electron chi connectivity index (χ3n) is 3.54. The van der Waals surface area contributed by atoms with Crippen LogP contribution in [-0.4, -0.2) is 18.0 Å². The third kappa shape index (κ3) is 2.64. The van der Waals surface area contributed by atoms with Crippen molar-refractivity contribution >= 4 is 0 Å². The van der Waals surface area contributed by atoms with E-state index in [9.17, 15) is 0 Å². The Morgan fingerprint density at radius 2 is 1.87 bits per heavy atom.